The van der Waals surface area contributed by atoms with E-state index in [1.165, 1.54) is 12.8 Å². The van der Waals surface area contributed by atoms with Crippen LogP contribution in [0.3, 0.4) is 0 Å². The second-order valence-electron chi connectivity index (χ2n) is 5.62. The molecule has 114 valence electrons. The molecule has 1 aliphatic heterocycles. The van der Waals surface area contributed by atoms with Gasteiger partial charge in [-0.2, -0.15) is 0 Å². The molecule has 0 amide bonds. The van der Waals surface area contributed by atoms with Crippen LogP contribution in [0.25, 0.3) is 11.0 Å². The molecule has 1 aromatic carbocycles. The summed E-state index contributed by atoms with van der Waals surface area (Å²) < 4.78 is 7.42. The van der Waals surface area contributed by atoms with Crippen molar-refractivity contribution in [3.8, 4) is 5.75 Å². The van der Waals surface area contributed by atoms with E-state index in [2.05, 4.69) is 16.4 Å². The van der Waals surface area contributed by atoms with Crippen molar-refractivity contribution in [2.24, 2.45) is 0 Å². The predicted octanol–water partition coefficient (Wildman–Crippen LogP) is 2.19. The number of fused-ring (bicyclic) bond motifs is 1. The zero-order valence-electron chi connectivity index (χ0n) is 12.7. The van der Waals surface area contributed by atoms with Crippen molar-refractivity contribution in [3.05, 3.63) is 24.0 Å². The summed E-state index contributed by atoms with van der Waals surface area (Å²) in [4.78, 5) is 7.28. The molecule has 0 saturated carbocycles. The van der Waals surface area contributed by atoms with E-state index in [9.17, 15) is 5.11 Å². The molecule has 1 aliphatic rings. The van der Waals surface area contributed by atoms with Gasteiger partial charge in [-0.1, -0.05) is 0 Å². The predicted molar refractivity (Wildman–Crippen MR) is 82.6 cm³/mol. The average Bonchev–Trinajstić information content (AvgIpc) is 3.14. The first-order valence-corrected chi connectivity index (χ1v) is 7.63. The number of likely N-dealkylation sites (tertiary alicyclic amines) is 1. The molecule has 5 heteroatoms. The Morgan fingerprint density at radius 1 is 1.33 bits per heavy atom. The minimum Gasteiger partial charge on any atom is -0.497 e. The van der Waals surface area contributed by atoms with Gasteiger partial charge in [0.05, 0.1) is 30.8 Å². The van der Waals surface area contributed by atoms with Crippen molar-refractivity contribution in [3.63, 3.8) is 0 Å². The van der Waals surface area contributed by atoms with Crippen LogP contribution >= 0.6 is 0 Å². The van der Waals surface area contributed by atoms with E-state index >= 15 is 0 Å². The Hall–Kier alpha value is -1.59. The molecule has 3 rings (SSSR count). The third kappa shape index (κ3) is 2.63. The minimum atomic E-state index is 0.122. The zero-order valence-corrected chi connectivity index (χ0v) is 12.7. The molecule has 1 aromatic heterocycles. The number of aliphatic hydroxyl groups excluding tert-OH is 1. The van der Waals surface area contributed by atoms with E-state index in [4.69, 9.17) is 9.72 Å². The minimum absolute atomic E-state index is 0.122. The van der Waals surface area contributed by atoms with Crippen molar-refractivity contribution in [2.75, 3.05) is 26.8 Å². The van der Waals surface area contributed by atoms with Crippen molar-refractivity contribution in [1.82, 2.24) is 14.5 Å². The highest BCUT2D eigenvalue weighted by Crippen LogP contribution is 2.29. The second-order valence-corrected chi connectivity index (χ2v) is 5.62. The first kappa shape index (κ1) is 14.4. The molecular weight excluding hydrogens is 266 g/mol. The molecule has 0 bridgehead atoms. The molecule has 1 atom stereocenters. The van der Waals surface area contributed by atoms with Gasteiger partial charge in [0.15, 0.2) is 0 Å². The molecular formula is C16H23N3O2. The monoisotopic (exact) mass is 289 g/mol. The molecule has 1 N–H and O–H groups in total. The number of ether oxygens (including phenoxy) is 1. The topological polar surface area (TPSA) is 50.5 Å². The van der Waals surface area contributed by atoms with Gasteiger partial charge in [0.2, 0.25) is 0 Å². The third-order valence-corrected chi connectivity index (χ3v) is 4.37. The van der Waals surface area contributed by atoms with Gasteiger partial charge in [0.1, 0.15) is 11.6 Å². The van der Waals surface area contributed by atoms with Crippen LogP contribution in [0, 0.1) is 0 Å². The molecule has 5 nitrogen and oxygen atoms in total. The van der Waals surface area contributed by atoms with Gasteiger partial charge < -0.3 is 14.4 Å². The number of nitrogens with zero attached hydrogens (tertiary/aromatic N) is 3. The summed E-state index contributed by atoms with van der Waals surface area (Å²) in [6.45, 7) is 5.17. The normalized spacial score (nSPS) is 17.5. The fraction of sp³-hybridized carbons (Fsp3) is 0.562. The van der Waals surface area contributed by atoms with Crippen LogP contribution in [0.2, 0.25) is 0 Å². The van der Waals surface area contributed by atoms with Crippen LogP contribution < -0.4 is 4.74 Å². The quantitative estimate of drug-likeness (QED) is 0.917. The van der Waals surface area contributed by atoms with Gasteiger partial charge in [-0.05, 0) is 45.0 Å². The third-order valence-electron chi connectivity index (χ3n) is 4.37. The number of hydrogen-bond donors (Lipinski definition) is 1. The molecule has 1 fully saturated rings. The van der Waals surface area contributed by atoms with E-state index in [-0.39, 0.29) is 12.6 Å². The second kappa shape index (κ2) is 6.03. The van der Waals surface area contributed by atoms with Crippen LogP contribution in [0.15, 0.2) is 18.2 Å². The maximum Gasteiger partial charge on any atom is 0.127 e. The Morgan fingerprint density at radius 3 is 2.76 bits per heavy atom. The number of benzene rings is 1. The molecule has 0 radical (unpaired) electrons. The van der Waals surface area contributed by atoms with Crippen molar-refractivity contribution >= 4 is 11.0 Å². The van der Waals surface area contributed by atoms with E-state index in [0.29, 0.717) is 6.54 Å². The number of methoxy groups -OCH3 is 1. The van der Waals surface area contributed by atoms with Crippen molar-refractivity contribution in [1.29, 1.82) is 0 Å². The summed E-state index contributed by atoms with van der Waals surface area (Å²) in [7, 11) is 1.67. The Morgan fingerprint density at radius 2 is 2.10 bits per heavy atom. The van der Waals surface area contributed by atoms with Crippen LogP contribution in [-0.4, -0.2) is 46.4 Å². The van der Waals surface area contributed by atoms with Crippen molar-refractivity contribution < 1.29 is 9.84 Å². The van der Waals surface area contributed by atoms with Crippen LogP contribution in [0.5, 0.6) is 5.75 Å². The van der Waals surface area contributed by atoms with Gasteiger partial charge in [0, 0.05) is 12.6 Å². The summed E-state index contributed by atoms with van der Waals surface area (Å²) >= 11 is 0. The van der Waals surface area contributed by atoms with E-state index in [1.807, 2.05) is 18.2 Å². The lowest BCUT2D eigenvalue weighted by Crippen LogP contribution is -2.26. The lowest BCUT2D eigenvalue weighted by Gasteiger charge is -2.24. The van der Waals surface area contributed by atoms with E-state index in [0.717, 1.165) is 35.7 Å². The Balaban J connectivity index is 2.04. The Labute approximate surface area is 125 Å². The Kier molecular flexibility index (Phi) is 4.12. The lowest BCUT2D eigenvalue weighted by molar-refractivity contribution is 0.237. The Bertz CT molecular complexity index is 617. The van der Waals surface area contributed by atoms with Crippen LogP contribution in [-0.2, 0) is 6.54 Å². The van der Waals surface area contributed by atoms with Gasteiger partial charge in [0.25, 0.3) is 0 Å². The molecule has 1 unspecified atom stereocenters. The van der Waals surface area contributed by atoms with Gasteiger partial charge in [-0.25, -0.2) is 4.98 Å². The zero-order chi connectivity index (χ0) is 14.8. The van der Waals surface area contributed by atoms with E-state index in [1.54, 1.807) is 7.11 Å². The van der Waals surface area contributed by atoms with Crippen LogP contribution in [0.4, 0.5) is 0 Å². The SMILES string of the molecule is COc1ccc2c(c1)nc(C(C)N1CCCC1)n2CCO. The first-order valence-electron chi connectivity index (χ1n) is 7.63. The summed E-state index contributed by atoms with van der Waals surface area (Å²) in [5.74, 6) is 1.85. The first-order chi connectivity index (χ1) is 10.2. The average molecular weight is 289 g/mol. The van der Waals surface area contributed by atoms with Gasteiger partial charge in [-0.3, -0.25) is 4.90 Å². The highest BCUT2D eigenvalue weighted by Gasteiger charge is 2.24. The number of imidazole rings is 1. The van der Waals surface area contributed by atoms with Gasteiger partial charge in [-0.15, -0.1) is 0 Å². The summed E-state index contributed by atoms with van der Waals surface area (Å²) in [6.07, 6.45) is 2.52. The molecule has 0 aliphatic carbocycles. The molecule has 1 saturated heterocycles. The lowest BCUT2D eigenvalue weighted by atomic mass is 10.2. The summed E-state index contributed by atoms with van der Waals surface area (Å²) in [6, 6.07) is 6.21. The highest BCUT2D eigenvalue weighted by molar-refractivity contribution is 5.78. The number of aromatic nitrogens is 2. The maximum atomic E-state index is 9.38. The molecule has 0 spiro atoms. The smallest absolute Gasteiger partial charge is 0.127 e. The number of hydrogen-bond acceptors (Lipinski definition) is 4. The van der Waals surface area contributed by atoms with E-state index < -0.39 is 0 Å². The number of rotatable bonds is 5. The summed E-state index contributed by atoms with van der Waals surface area (Å²) in [5.41, 5.74) is 2.00. The number of aliphatic hydroxyl groups is 1. The largest absolute Gasteiger partial charge is 0.497 e. The summed E-state index contributed by atoms with van der Waals surface area (Å²) in [5, 5.41) is 9.38. The maximum absolute atomic E-state index is 9.38. The van der Waals surface area contributed by atoms with Crippen molar-refractivity contribution in [2.45, 2.75) is 32.4 Å². The standard InChI is InChI=1S/C16H23N3O2/c1-12(18-7-3-4-8-18)16-17-14-11-13(21-2)5-6-15(14)19(16)9-10-20/h5-6,11-12,20H,3-4,7-10H2,1-2H3. The van der Waals surface area contributed by atoms with Crippen LogP contribution in [0.1, 0.15) is 31.6 Å². The fourth-order valence-electron chi connectivity index (χ4n) is 3.20. The van der Waals surface area contributed by atoms with Gasteiger partial charge >= 0.3 is 0 Å². The molecule has 2 heterocycles. The molecule has 21 heavy (non-hydrogen) atoms. The molecule has 2 aromatic rings. The fourth-order valence-corrected chi connectivity index (χ4v) is 3.20. The highest BCUT2D eigenvalue weighted by atomic mass is 16.5.